The molecule has 0 amide bonds. The van der Waals surface area contributed by atoms with Gasteiger partial charge in [0, 0.05) is 17.7 Å². The summed E-state index contributed by atoms with van der Waals surface area (Å²) in [6.45, 7) is -0.157. The highest BCUT2D eigenvalue weighted by molar-refractivity contribution is 6.32. The molecule has 18 heavy (non-hydrogen) atoms. The molecule has 0 aliphatic heterocycles. The van der Waals surface area contributed by atoms with Crippen LogP contribution < -0.4 is 4.74 Å². The molecule has 0 bridgehead atoms. The normalized spacial score (nSPS) is 10.4. The molecule has 1 nitrogen and oxygen atoms in total. The molecule has 0 aromatic heterocycles. The maximum absolute atomic E-state index is 13.3. The van der Waals surface area contributed by atoms with Gasteiger partial charge in [-0.3, -0.25) is 0 Å². The highest BCUT2D eigenvalue weighted by Crippen LogP contribution is 2.26. The van der Waals surface area contributed by atoms with Gasteiger partial charge in [-0.2, -0.15) is 0 Å². The average Bonchev–Trinajstić information content (AvgIpc) is 2.32. The number of rotatable bonds is 3. The van der Waals surface area contributed by atoms with Crippen LogP contribution in [0.15, 0.2) is 36.4 Å². The first-order valence-electron chi connectivity index (χ1n) is 5.08. The van der Waals surface area contributed by atoms with Gasteiger partial charge in [-0.15, -0.1) is 0 Å². The zero-order valence-corrected chi connectivity index (χ0v) is 9.85. The zero-order valence-electron chi connectivity index (χ0n) is 9.09. The van der Waals surface area contributed by atoms with Gasteiger partial charge in [-0.05, 0) is 24.3 Å². The van der Waals surface area contributed by atoms with Crippen LogP contribution in [0, 0.1) is 17.5 Å². The van der Waals surface area contributed by atoms with E-state index in [1.807, 2.05) is 0 Å². The van der Waals surface area contributed by atoms with Crippen molar-refractivity contribution in [1.29, 1.82) is 0 Å². The van der Waals surface area contributed by atoms with Crippen molar-refractivity contribution in [3.05, 3.63) is 64.4 Å². The molecule has 2 rings (SSSR count). The molecule has 0 heterocycles. The molecule has 0 unspecified atom stereocenters. The summed E-state index contributed by atoms with van der Waals surface area (Å²) >= 11 is 5.78. The van der Waals surface area contributed by atoms with E-state index < -0.39 is 17.5 Å². The topological polar surface area (TPSA) is 9.23 Å². The van der Waals surface area contributed by atoms with Crippen LogP contribution in [-0.4, -0.2) is 0 Å². The van der Waals surface area contributed by atoms with E-state index in [1.54, 1.807) is 0 Å². The molecule has 2 aromatic carbocycles. The lowest BCUT2D eigenvalue weighted by Gasteiger charge is -2.08. The third kappa shape index (κ3) is 2.96. The number of hydrogen-bond donors (Lipinski definition) is 0. The van der Waals surface area contributed by atoms with Crippen molar-refractivity contribution in [3.8, 4) is 5.75 Å². The molecule has 0 saturated carbocycles. The molecular weight excluding hydrogens is 265 g/mol. The van der Waals surface area contributed by atoms with Gasteiger partial charge in [0.2, 0.25) is 0 Å². The Balaban J connectivity index is 2.13. The van der Waals surface area contributed by atoms with Crippen LogP contribution in [0.25, 0.3) is 0 Å². The van der Waals surface area contributed by atoms with Gasteiger partial charge in [0.25, 0.3) is 0 Å². The van der Waals surface area contributed by atoms with Crippen LogP contribution in [0.4, 0.5) is 13.2 Å². The van der Waals surface area contributed by atoms with Crippen LogP contribution in [-0.2, 0) is 6.61 Å². The van der Waals surface area contributed by atoms with Gasteiger partial charge in [0.1, 0.15) is 29.8 Å². The van der Waals surface area contributed by atoms with Gasteiger partial charge in [-0.1, -0.05) is 11.6 Å². The molecule has 94 valence electrons. The molecule has 0 aliphatic carbocycles. The first-order valence-corrected chi connectivity index (χ1v) is 5.46. The minimum atomic E-state index is -0.720. The Hall–Kier alpha value is -1.68. The smallest absolute Gasteiger partial charge is 0.141 e. The largest absolute Gasteiger partial charge is 0.487 e. The van der Waals surface area contributed by atoms with Crippen molar-refractivity contribution >= 4 is 11.6 Å². The van der Waals surface area contributed by atoms with E-state index in [2.05, 4.69) is 0 Å². The average molecular weight is 273 g/mol. The van der Waals surface area contributed by atoms with Crippen molar-refractivity contribution < 1.29 is 17.9 Å². The Morgan fingerprint density at radius 1 is 0.944 bits per heavy atom. The highest BCUT2D eigenvalue weighted by Gasteiger charge is 2.07. The van der Waals surface area contributed by atoms with Crippen LogP contribution >= 0.6 is 11.6 Å². The van der Waals surface area contributed by atoms with E-state index in [0.717, 1.165) is 18.2 Å². The minimum Gasteiger partial charge on any atom is -0.487 e. The molecule has 5 heteroatoms. The van der Waals surface area contributed by atoms with E-state index >= 15 is 0 Å². The fourth-order valence-corrected chi connectivity index (χ4v) is 1.55. The third-order valence-electron chi connectivity index (χ3n) is 2.29. The first kappa shape index (κ1) is 12.8. The minimum absolute atomic E-state index is 0.111. The van der Waals surface area contributed by atoms with Gasteiger partial charge >= 0.3 is 0 Å². The Bertz CT molecular complexity index is 572. The predicted molar refractivity (Wildman–Crippen MR) is 62.1 cm³/mol. The first-order chi connectivity index (χ1) is 8.56. The van der Waals surface area contributed by atoms with Crippen molar-refractivity contribution in [1.82, 2.24) is 0 Å². The maximum Gasteiger partial charge on any atom is 0.141 e. The summed E-state index contributed by atoms with van der Waals surface area (Å²) in [7, 11) is 0. The summed E-state index contributed by atoms with van der Waals surface area (Å²) in [5, 5.41) is 0.221. The second-order valence-corrected chi connectivity index (χ2v) is 4.01. The van der Waals surface area contributed by atoms with Crippen LogP contribution in [0.1, 0.15) is 5.56 Å². The monoisotopic (exact) mass is 272 g/mol. The third-order valence-corrected chi connectivity index (χ3v) is 2.60. The van der Waals surface area contributed by atoms with E-state index in [1.165, 1.54) is 18.2 Å². The van der Waals surface area contributed by atoms with Crippen LogP contribution in [0.5, 0.6) is 5.75 Å². The quantitative estimate of drug-likeness (QED) is 0.808. The number of ether oxygens (including phenoxy) is 1. The van der Waals surface area contributed by atoms with E-state index in [0.29, 0.717) is 0 Å². The Labute approximate surface area is 107 Å². The maximum atomic E-state index is 13.3. The molecule has 0 N–H and O–H groups in total. The molecule has 0 aliphatic rings. The fraction of sp³-hybridized carbons (Fsp3) is 0.0769. The predicted octanol–water partition coefficient (Wildman–Crippen LogP) is 4.34. The molecule has 0 atom stereocenters. The molecule has 0 radical (unpaired) electrons. The number of hydrogen-bond acceptors (Lipinski definition) is 1. The SMILES string of the molecule is Fc1ccc(COc2cc(F)ccc2Cl)c(F)c1. The van der Waals surface area contributed by atoms with Crippen molar-refractivity contribution in [3.63, 3.8) is 0 Å². The summed E-state index contributed by atoms with van der Waals surface area (Å²) in [5.41, 5.74) is 0.164. The molecule has 0 saturated heterocycles. The number of halogens is 4. The van der Waals surface area contributed by atoms with Gasteiger partial charge in [-0.25, -0.2) is 13.2 Å². The summed E-state index contributed by atoms with van der Waals surface area (Å²) < 4.78 is 44.1. The van der Waals surface area contributed by atoms with Crippen molar-refractivity contribution in [2.75, 3.05) is 0 Å². The molecule has 2 aromatic rings. The van der Waals surface area contributed by atoms with Crippen LogP contribution in [0.3, 0.4) is 0 Å². The van der Waals surface area contributed by atoms with E-state index in [9.17, 15) is 13.2 Å². The summed E-state index contributed by atoms with van der Waals surface area (Å²) in [6, 6.07) is 6.77. The second kappa shape index (κ2) is 5.31. The van der Waals surface area contributed by atoms with Crippen LogP contribution in [0.2, 0.25) is 5.02 Å². The summed E-state index contributed by atoms with van der Waals surface area (Å²) in [6.07, 6.45) is 0. The Morgan fingerprint density at radius 3 is 2.33 bits per heavy atom. The fourth-order valence-electron chi connectivity index (χ4n) is 1.38. The summed E-state index contributed by atoms with van der Waals surface area (Å²) in [4.78, 5) is 0. The molecule has 0 fully saturated rings. The molecule has 0 spiro atoms. The van der Waals surface area contributed by atoms with Crippen molar-refractivity contribution in [2.24, 2.45) is 0 Å². The lowest BCUT2D eigenvalue weighted by Crippen LogP contribution is -1.99. The zero-order chi connectivity index (χ0) is 13.1. The van der Waals surface area contributed by atoms with E-state index in [4.69, 9.17) is 16.3 Å². The van der Waals surface area contributed by atoms with Gasteiger partial charge < -0.3 is 4.74 Å². The lowest BCUT2D eigenvalue weighted by molar-refractivity contribution is 0.298. The highest BCUT2D eigenvalue weighted by atomic mass is 35.5. The number of benzene rings is 2. The standard InChI is InChI=1S/C13H8ClF3O/c14-11-4-3-10(16)6-13(11)18-7-8-1-2-9(15)5-12(8)17/h1-6H,7H2. The lowest BCUT2D eigenvalue weighted by atomic mass is 10.2. The van der Waals surface area contributed by atoms with E-state index in [-0.39, 0.29) is 22.9 Å². The molecular formula is C13H8ClF3O. The van der Waals surface area contributed by atoms with Crippen molar-refractivity contribution in [2.45, 2.75) is 6.61 Å². The Kier molecular flexibility index (Phi) is 3.77. The second-order valence-electron chi connectivity index (χ2n) is 3.60. The van der Waals surface area contributed by atoms with Gasteiger partial charge in [0.05, 0.1) is 5.02 Å². The summed E-state index contributed by atoms with van der Waals surface area (Å²) in [5.74, 6) is -1.78. The Morgan fingerprint density at radius 2 is 1.61 bits per heavy atom. The van der Waals surface area contributed by atoms with Gasteiger partial charge in [0.15, 0.2) is 0 Å².